The highest BCUT2D eigenvalue weighted by Crippen LogP contribution is 2.47. The molecule has 13 nitrogen and oxygen atoms in total. The zero-order valence-electron chi connectivity index (χ0n) is 42.2. The molecule has 0 amide bonds. The number of hydrogen-bond acceptors (Lipinski definition) is 12. The zero-order valence-corrected chi connectivity index (χ0v) is 43.1. The number of esters is 2. The largest absolute Gasteiger partial charge is 0.472 e. The lowest BCUT2D eigenvalue weighted by Crippen LogP contribution is -2.64. The van der Waals surface area contributed by atoms with E-state index in [2.05, 4.69) is 38.2 Å². The number of aliphatic hydroxyl groups excluding tert-OH is 5. The number of unbranched alkanes of at least 4 members (excludes halogenated alkanes) is 30. The molecule has 1 saturated carbocycles. The van der Waals surface area contributed by atoms with E-state index < -0.39 is 75.7 Å². The van der Waals surface area contributed by atoms with Crippen LogP contribution in [0.3, 0.4) is 0 Å². The summed E-state index contributed by atoms with van der Waals surface area (Å²) in [7, 11) is -5.13. The van der Waals surface area contributed by atoms with Crippen LogP contribution in [0.2, 0.25) is 0 Å². The standard InChI is InChI=1S/C53H99O13P/c1-3-5-7-9-11-13-15-17-19-20-21-22-23-24-25-26-28-30-32-34-36-38-40-42-47(55)65-45(44-64-67(61,62)66-53-51(59)49(57)48(56)50(58)52(53)60)43-63-46(54)41-39-37-35-33-31-29-27-18-16-14-12-10-8-6-4-2/h10,12,34,36,45,48-53,56-60H,3-9,11,13-33,35,37-44H2,1-2H3,(H,61,62)/b12-10+,36-34+/t45-,48?,49-,50?,51?,52?,53?/m1/s1. The Hall–Kier alpha value is -1.67. The van der Waals surface area contributed by atoms with E-state index in [9.17, 15) is 44.6 Å². The Labute approximate surface area is 406 Å². The van der Waals surface area contributed by atoms with Gasteiger partial charge in [0.05, 0.1) is 6.61 Å². The number of ether oxygens (including phenoxy) is 2. The van der Waals surface area contributed by atoms with Crippen LogP contribution < -0.4 is 0 Å². The fourth-order valence-corrected chi connectivity index (χ4v) is 9.37. The van der Waals surface area contributed by atoms with E-state index in [1.807, 2.05) is 0 Å². The summed E-state index contributed by atoms with van der Waals surface area (Å²) >= 11 is 0. The molecule has 394 valence electrons. The van der Waals surface area contributed by atoms with Crippen molar-refractivity contribution in [1.29, 1.82) is 0 Å². The Kier molecular flexibility index (Phi) is 40.8. The van der Waals surface area contributed by atoms with Crippen molar-refractivity contribution in [3.8, 4) is 0 Å². The van der Waals surface area contributed by atoms with Gasteiger partial charge >= 0.3 is 19.8 Å². The summed E-state index contributed by atoms with van der Waals surface area (Å²) in [5.41, 5.74) is 0. The van der Waals surface area contributed by atoms with Gasteiger partial charge in [0.1, 0.15) is 43.2 Å². The summed E-state index contributed by atoms with van der Waals surface area (Å²) in [6.07, 6.45) is 36.7. The Morgan fingerprint density at radius 3 is 1.22 bits per heavy atom. The molecule has 0 heterocycles. The molecule has 1 fully saturated rings. The van der Waals surface area contributed by atoms with Crippen molar-refractivity contribution in [2.45, 2.75) is 288 Å². The molecule has 0 spiro atoms. The van der Waals surface area contributed by atoms with Crippen LogP contribution >= 0.6 is 7.82 Å². The van der Waals surface area contributed by atoms with Crippen LogP contribution in [-0.2, 0) is 32.7 Å². The van der Waals surface area contributed by atoms with Gasteiger partial charge in [-0.1, -0.05) is 205 Å². The van der Waals surface area contributed by atoms with Crippen LogP contribution in [0.4, 0.5) is 0 Å². The Morgan fingerprint density at radius 1 is 0.448 bits per heavy atom. The number of aliphatic hydroxyl groups is 5. The summed E-state index contributed by atoms with van der Waals surface area (Å²) in [5.74, 6) is -1.13. The first-order valence-electron chi connectivity index (χ1n) is 27.1. The van der Waals surface area contributed by atoms with Crippen LogP contribution in [0, 0.1) is 0 Å². The first-order valence-corrected chi connectivity index (χ1v) is 28.6. The summed E-state index contributed by atoms with van der Waals surface area (Å²) < 4.78 is 33.6. The molecule has 6 N–H and O–H groups in total. The Bertz CT molecular complexity index is 1270. The molecule has 0 aliphatic heterocycles. The van der Waals surface area contributed by atoms with Crippen LogP contribution in [-0.4, -0.2) is 98.3 Å². The molecule has 0 aromatic carbocycles. The van der Waals surface area contributed by atoms with Gasteiger partial charge in [0.15, 0.2) is 6.10 Å². The summed E-state index contributed by atoms with van der Waals surface area (Å²) in [5, 5.41) is 50.3. The molecule has 0 radical (unpaired) electrons. The maximum Gasteiger partial charge on any atom is 0.472 e. The molecule has 1 aliphatic rings. The normalized spacial score (nSPS) is 21.3. The number of allylic oxidation sites excluding steroid dienone is 4. The van der Waals surface area contributed by atoms with Gasteiger partial charge < -0.3 is 39.9 Å². The van der Waals surface area contributed by atoms with Gasteiger partial charge in [0, 0.05) is 12.8 Å². The van der Waals surface area contributed by atoms with Gasteiger partial charge in [0.2, 0.25) is 0 Å². The van der Waals surface area contributed by atoms with E-state index in [0.717, 1.165) is 38.5 Å². The molecule has 0 saturated heterocycles. The number of phosphoric ester groups is 1. The molecular weight excluding hydrogens is 876 g/mol. The molecule has 0 aromatic rings. The topological polar surface area (TPSA) is 210 Å². The van der Waals surface area contributed by atoms with Gasteiger partial charge in [0.25, 0.3) is 0 Å². The number of hydrogen-bond donors (Lipinski definition) is 6. The fourth-order valence-electron chi connectivity index (χ4n) is 8.39. The SMILES string of the molecule is CCCC/C=C/CCCCCCCCCCCC(=O)OC[C@H](COP(=O)(O)OC1C(O)C(O)C(O)[C@@H](O)C1O)OC(=O)CCC/C=C/CCCCCCCCCCCCCCCCCCCC. The van der Waals surface area contributed by atoms with E-state index in [1.54, 1.807) is 0 Å². The van der Waals surface area contributed by atoms with E-state index in [4.69, 9.17) is 18.5 Å². The second kappa shape index (κ2) is 43.1. The van der Waals surface area contributed by atoms with Crippen LogP contribution in [0.25, 0.3) is 0 Å². The average molecular weight is 975 g/mol. The molecule has 1 aliphatic carbocycles. The van der Waals surface area contributed by atoms with Crippen molar-refractivity contribution in [2.24, 2.45) is 0 Å². The summed E-state index contributed by atoms with van der Waals surface area (Å²) in [6, 6.07) is 0. The minimum Gasteiger partial charge on any atom is -0.462 e. The first kappa shape index (κ1) is 63.3. The molecule has 0 bridgehead atoms. The van der Waals surface area contributed by atoms with Crippen molar-refractivity contribution in [3.63, 3.8) is 0 Å². The van der Waals surface area contributed by atoms with Crippen molar-refractivity contribution >= 4 is 19.8 Å². The van der Waals surface area contributed by atoms with Gasteiger partial charge in [-0.15, -0.1) is 0 Å². The van der Waals surface area contributed by atoms with Gasteiger partial charge in [-0.25, -0.2) is 4.57 Å². The Morgan fingerprint density at radius 2 is 0.791 bits per heavy atom. The van der Waals surface area contributed by atoms with E-state index in [0.29, 0.717) is 19.3 Å². The molecular formula is C53H99O13P. The lowest BCUT2D eigenvalue weighted by atomic mass is 9.85. The number of carbonyl (C=O) groups excluding carboxylic acids is 2. The number of rotatable bonds is 46. The molecule has 6 unspecified atom stereocenters. The lowest BCUT2D eigenvalue weighted by Gasteiger charge is -2.41. The van der Waals surface area contributed by atoms with Crippen molar-refractivity contribution in [2.75, 3.05) is 13.2 Å². The third-order valence-corrected chi connectivity index (χ3v) is 13.8. The zero-order chi connectivity index (χ0) is 49.2. The predicted molar refractivity (Wildman–Crippen MR) is 267 cm³/mol. The van der Waals surface area contributed by atoms with E-state index in [1.165, 1.54) is 161 Å². The minimum absolute atomic E-state index is 0.0519. The molecule has 1 rings (SSSR count). The van der Waals surface area contributed by atoms with Gasteiger partial charge in [-0.05, 0) is 51.4 Å². The highest BCUT2D eigenvalue weighted by molar-refractivity contribution is 7.47. The van der Waals surface area contributed by atoms with Crippen molar-refractivity contribution in [1.82, 2.24) is 0 Å². The second-order valence-electron chi connectivity index (χ2n) is 19.1. The third-order valence-electron chi connectivity index (χ3n) is 12.8. The first-order chi connectivity index (χ1) is 32.4. The molecule has 0 aromatic heterocycles. The smallest absolute Gasteiger partial charge is 0.462 e. The van der Waals surface area contributed by atoms with Gasteiger partial charge in [-0.2, -0.15) is 0 Å². The predicted octanol–water partition coefficient (Wildman–Crippen LogP) is 12.0. The molecule has 67 heavy (non-hydrogen) atoms. The quantitative estimate of drug-likeness (QED) is 0.0145. The maximum atomic E-state index is 12.9. The van der Waals surface area contributed by atoms with E-state index >= 15 is 0 Å². The van der Waals surface area contributed by atoms with Gasteiger partial charge in [-0.3, -0.25) is 18.6 Å². The third kappa shape index (κ3) is 35.1. The van der Waals surface area contributed by atoms with Crippen molar-refractivity contribution < 1.29 is 63.1 Å². The highest BCUT2D eigenvalue weighted by Gasteiger charge is 2.51. The summed E-state index contributed by atoms with van der Waals surface area (Å²) in [4.78, 5) is 35.8. The van der Waals surface area contributed by atoms with Crippen LogP contribution in [0.15, 0.2) is 24.3 Å². The monoisotopic (exact) mass is 975 g/mol. The molecule has 8 atom stereocenters. The van der Waals surface area contributed by atoms with Crippen LogP contribution in [0.5, 0.6) is 0 Å². The number of carbonyl (C=O) groups is 2. The fraction of sp³-hybridized carbons (Fsp3) is 0.887. The van der Waals surface area contributed by atoms with Crippen LogP contribution in [0.1, 0.15) is 245 Å². The second-order valence-corrected chi connectivity index (χ2v) is 20.5. The Balaban J connectivity index is 2.36. The summed E-state index contributed by atoms with van der Waals surface area (Å²) in [6.45, 7) is 3.29. The lowest BCUT2D eigenvalue weighted by molar-refractivity contribution is -0.220. The molecule has 14 heteroatoms. The maximum absolute atomic E-state index is 12.9. The highest BCUT2D eigenvalue weighted by atomic mass is 31.2. The number of phosphoric acid groups is 1. The van der Waals surface area contributed by atoms with E-state index in [-0.39, 0.29) is 12.8 Å². The minimum atomic E-state index is -5.13. The average Bonchev–Trinajstić information content (AvgIpc) is 3.31. The van der Waals surface area contributed by atoms with Crippen molar-refractivity contribution in [3.05, 3.63) is 24.3 Å².